The van der Waals surface area contributed by atoms with Gasteiger partial charge in [-0.15, -0.1) is 0 Å². The molecule has 1 aromatic carbocycles. The van der Waals surface area contributed by atoms with Gasteiger partial charge < -0.3 is 24.3 Å². The summed E-state index contributed by atoms with van der Waals surface area (Å²) < 4.78 is 26.0. The van der Waals surface area contributed by atoms with Gasteiger partial charge in [0.25, 0.3) is 5.91 Å². The van der Waals surface area contributed by atoms with E-state index in [-0.39, 0.29) is 24.2 Å². The number of halogens is 1. The lowest BCUT2D eigenvalue weighted by atomic mass is 10.0. The number of piperidine rings is 1. The molecule has 9 heteroatoms. The van der Waals surface area contributed by atoms with Crippen LogP contribution in [-0.4, -0.2) is 65.7 Å². The standard InChI is InChI=1S/C28H38FN3O5/c1-28(2,3)37-27(35)31-13-8-10-22(18-31)30-26(34)25-19-32(23-11-7-9-21(29)16-23)17-20(25)15-24(33)12-5-6-14-36-4/h7,9,11,16-17,19,22H,5-6,8,10,12-15,18H2,1-4H3,(H,30,34)/t22-/m0/s1. The Morgan fingerprint density at radius 3 is 2.65 bits per heavy atom. The van der Waals surface area contributed by atoms with E-state index in [0.29, 0.717) is 49.4 Å². The van der Waals surface area contributed by atoms with Crippen LogP contribution in [0.25, 0.3) is 5.69 Å². The van der Waals surface area contributed by atoms with E-state index in [1.165, 1.54) is 12.1 Å². The van der Waals surface area contributed by atoms with E-state index in [0.717, 1.165) is 19.3 Å². The molecule has 0 unspecified atom stereocenters. The zero-order valence-electron chi connectivity index (χ0n) is 22.2. The second-order valence-corrected chi connectivity index (χ2v) is 10.5. The average Bonchev–Trinajstić information content (AvgIpc) is 3.25. The lowest BCUT2D eigenvalue weighted by molar-refractivity contribution is -0.118. The summed E-state index contributed by atoms with van der Waals surface area (Å²) in [5.74, 6) is -0.693. The fraction of sp³-hybridized carbons (Fsp3) is 0.536. The normalized spacial score (nSPS) is 15.9. The molecule has 1 aliphatic rings. The first kappa shape index (κ1) is 28.4. The molecule has 1 saturated heterocycles. The highest BCUT2D eigenvalue weighted by molar-refractivity contribution is 5.97. The first-order valence-electron chi connectivity index (χ1n) is 12.8. The summed E-state index contributed by atoms with van der Waals surface area (Å²) in [4.78, 5) is 40.2. The molecule has 0 spiro atoms. The van der Waals surface area contributed by atoms with Crippen LogP contribution in [0, 0.1) is 5.82 Å². The molecule has 202 valence electrons. The predicted octanol–water partition coefficient (Wildman–Crippen LogP) is 4.67. The van der Waals surface area contributed by atoms with Gasteiger partial charge in [0.05, 0.1) is 5.56 Å². The van der Waals surface area contributed by atoms with Crippen molar-refractivity contribution in [1.82, 2.24) is 14.8 Å². The fourth-order valence-electron chi connectivity index (χ4n) is 4.35. The van der Waals surface area contributed by atoms with Crippen molar-refractivity contribution in [3.63, 3.8) is 0 Å². The van der Waals surface area contributed by atoms with Crippen molar-refractivity contribution in [2.24, 2.45) is 0 Å². The zero-order valence-corrected chi connectivity index (χ0v) is 22.2. The summed E-state index contributed by atoms with van der Waals surface area (Å²) in [5, 5.41) is 3.03. The molecule has 1 aliphatic heterocycles. The number of nitrogens with one attached hydrogen (secondary N) is 1. The Labute approximate surface area is 218 Å². The van der Waals surface area contributed by atoms with Crippen molar-refractivity contribution in [3.05, 3.63) is 53.6 Å². The third-order valence-corrected chi connectivity index (χ3v) is 6.11. The topological polar surface area (TPSA) is 89.9 Å². The van der Waals surface area contributed by atoms with Crippen molar-refractivity contribution >= 4 is 17.8 Å². The number of benzene rings is 1. The summed E-state index contributed by atoms with van der Waals surface area (Å²) in [5.41, 5.74) is 0.904. The maximum Gasteiger partial charge on any atom is 0.410 e. The van der Waals surface area contributed by atoms with Crippen LogP contribution in [-0.2, 0) is 20.7 Å². The number of Topliss-reactive ketones (excluding diaryl/α,β-unsaturated/α-hetero) is 1. The summed E-state index contributed by atoms with van der Waals surface area (Å²) in [7, 11) is 1.63. The number of rotatable bonds is 10. The maximum absolute atomic E-state index is 13.8. The van der Waals surface area contributed by atoms with Crippen LogP contribution in [0.5, 0.6) is 0 Å². The van der Waals surface area contributed by atoms with E-state index in [4.69, 9.17) is 9.47 Å². The molecule has 3 rings (SSSR count). The Kier molecular flexibility index (Phi) is 9.86. The second-order valence-electron chi connectivity index (χ2n) is 10.5. The van der Waals surface area contributed by atoms with Crippen LogP contribution in [0.4, 0.5) is 9.18 Å². The number of carbonyl (C=O) groups excluding carboxylic acids is 3. The molecule has 0 aliphatic carbocycles. The van der Waals surface area contributed by atoms with Gasteiger partial charge in [-0.1, -0.05) is 6.07 Å². The van der Waals surface area contributed by atoms with Crippen LogP contribution in [0.2, 0.25) is 0 Å². The molecule has 0 bridgehead atoms. The number of nitrogens with zero attached hydrogens (tertiary/aromatic N) is 2. The first-order valence-corrected chi connectivity index (χ1v) is 12.8. The molecule has 0 saturated carbocycles. The Balaban J connectivity index is 1.75. The van der Waals surface area contributed by atoms with E-state index >= 15 is 0 Å². The van der Waals surface area contributed by atoms with Crippen LogP contribution < -0.4 is 5.32 Å². The highest BCUT2D eigenvalue weighted by atomic mass is 19.1. The van der Waals surface area contributed by atoms with Gasteiger partial charge in [-0.05, 0) is 70.2 Å². The van der Waals surface area contributed by atoms with Crippen molar-refractivity contribution in [2.75, 3.05) is 26.8 Å². The van der Waals surface area contributed by atoms with Crippen LogP contribution in [0.1, 0.15) is 68.8 Å². The van der Waals surface area contributed by atoms with Gasteiger partial charge >= 0.3 is 6.09 Å². The van der Waals surface area contributed by atoms with Gasteiger partial charge in [0.15, 0.2) is 0 Å². The van der Waals surface area contributed by atoms with Crippen LogP contribution in [0.15, 0.2) is 36.7 Å². The van der Waals surface area contributed by atoms with E-state index in [1.807, 2.05) is 20.8 Å². The molecular weight excluding hydrogens is 477 g/mol. The quantitative estimate of drug-likeness (QED) is 0.465. The van der Waals surface area contributed by atoms with E-state index in [1.54, 1.807) is 41.1 Å². The number of aromatic nitrogens is 1. The monoisotopic (exact) mass is 515 g/mol. The zero-order chi connectivity index (χ0) is 27.0. The number of likely N-dealkylation sites (tertiary alicyclic amines) is 1. The summed E-state index contributed by atoms with van der Waals surface area (Å²) >= 11 is 0. The van der Waals surface area contributed by atoms with Gasteiger partial charge in [-0.25, -0.2) is 9.18 Å². The number of carbonyl (C=O) groups is 3. The highest BCUT2D eigenvalue weighted by Crippen LogP contribution is 2.21. The molecule has 1 atom stereocenters. The fourth-order valence-corrected chi connectivity index (χ4v) is 4.35. The van der Waals surface area contributed by atoms with Crippen LogP contribution >= 0.6 is 0 Å². The number of unbranched alkanes of at least 4 members (excludes halogenated alkanes) is 1. The number of hydrogen-bond donors (Lipinski definition) is 1. The van der Waals surface area contributed by atoms with Crippen molar-refractivity contribution in [2.45, 2.75) is 70.9 Å². The Morgan fingerprint density at radius 1 is 1.16 bits per heavy atom. The minimum Gasteiger partial charge on any atom is -0.444 e. The summed E-state index contributed by atoms with van der Waals surface area (Å²) in [6.45, 7) is 6.96. The van der Waals surface area contributed by atoms with Gasteiger partial charge in [-0.2, -0.15) is 0 Å². The molecule has 2 aromatic rings. The number of amides is 2. The smallest absolute Gasteiger partial charge is 0.410 e. The van der Waals surface area contributed by atoms with Crippen molar-refractivity contribution in [3.8, 4) is 5.69 Å². The predicted molar refractivity (Wildman–Crippen MR) is 138 cm³/mol. The number of ketones is 1. The molecule has 8 nitrogen and oxygen atoms in total. The molecule has 2 heterocycles. The average molecular weight is 516 g/mol. The summed E-state index contributed by atoms with van der Waals surface area (Å²) in [6, 6.07) is 5.81. The SMILES string of the molecule is COCCCCC(=O)Cc1cn(-c2cccc(F)c2)cc1C(=O)N[C@H]1CCCN(C(=O)OC(C)(C)C)C1. The Bertz CT molecular complexity index is 1090. The molecule has 1 N–H and O–H groups in total. The minimum atomic E-state index is -0.599. The summed E-state index contributed by atoms with van der Waals surface area (Å²) in [6.07, 6.45) is 6.40. The van der Waals surface area contributed by atoms with Crippen molar-refractivity contribution in [1.29, 1.82) is 0 Å². The maximum atomic E-state index is 13.8. The van der Waals surface area contributed by atoms with E-state index in [9.17, 15) is 18.8 Å². The highest BCUT2D eigenvalue weighted by Gasteiger charge is 2.29. The van der Waals surface area contributed by atoms with Gasteiger partial charge in [0, 0.05) is 63.8 Å². The Hall–Kier alpha value is -3.20. The Morgan fingerprint density at radius 2 is 1.95 bits per heavy atom. The number of ether oxygens (including phenoxy) is 2. The lowest BCUT2D eigenvalue weighted by Crippen LogP contribution is -2.50. The molecular formula is C28H38FN3O5. The van der Waals surface area contributed by atoms with E-state index < -0.39 is 17.5 Å². The lowest BCUT2D eigenvalue weighted by Gasteiger charge is -2.34. The number of hydrogen-bond acceptors (Lipinski definition) is 5. The minimum absolute atomic E-state index is 0.0240. The second kappa shape index (κ2) is 12.9. The molecule has 0 radical (unpaired) electrons. The molecule has 37 heavy (non-hydrogen) atoms. The largest absolute Gasteiger partial charge is 0.444 e. The first-order chi connectivity index (χ1) is 17.6. The third-order valence-electron chi connectivity index (χ3n) is 6.11. The van der Waals surface area contributed by atoms with Gasteiger partial charge in [-0.3, -0.25) is 9.59 Å². The number of methoxy groups -OCH3 is 1. The van der Waals surface area contributed by atoms with Gasteiger partial charge in [0.2, 0.25) is 0 Å². The molecule has 1 fully saturated rings. The van der Waals surface area contributed by atoms with E-state index in [2.05, 4.69) is 5.32 Å². The molecule has 1 aromatic heterocycles. The van der Waals surface area contributed by atoms with Crippen molar-refractivity contribution < 1.29 is 28.2 Å². The molecule has 2 amide bonds. The van der Waals surface area contributed by atoms with Crippen LogP contribution in [0.3, 0.4) is 0 Å². The third kappa shape index (κ3) is 8.70. The van der Waals surface area contributed by atoms with Gasteiger partial charge in [0.1, 0.15) is 17.2 Å².